The van der Waals surface area contributed by atoms with Gasteiger partial charge in [0.15, 0.2) is 24.5 Å². The summed E-state index contributed by atoms with van der Waals surface area (Å²) in [7, 11) is 0. The van der Waals surface area contributed by atoms with E-state index in [0.717, 1.165) is 5.69 Å². The highest BCUT2D eigenvalue weighted by atomic mass is 16.6. The van der Waals surface area contributed by atoms with E-state index in [4.69, 9.17) is 18.9 Å². The lowest BCUT2D eigenvalue weighted by Crippen LogP contribution is -2.59. The summed E-state index contributed by atoms with van der Waals surface area (Å²) in [5.41, 5.74) is 0.733. The molecule has 1 aliphatic heterocycles. The number of benzene rings is 1. The van der Waals surface area contributed by atoms with Gasteiger partial charge >= 0.3 is 17.9 Å². The van der Waals surface area contributed by atoms with Gasteiger partial charge in [-0.15, -0.1) is 0 Å². The first-order valence-electron chi connectivity index (χ1n) is 7.81. The summed E-state index contributed by atoms with van der Waals surface area (Å²) in [4.78, 5) is 34.3. The molecule has 0 spiro atoms. The average Bonchev–Trinajstić information content (AvgIpc) is 2.52. The highest BCUT2D eigenvalue weighted by molar-refractivity contribution is 5.68. The first-order chi connectivity index (χ1) is 11.9. The van der Waals surface area contributed by atoms with Crippen LogP contribution in [0.1, 0.15) is 20.8 Å². The second-order valence-corrected chi connectivity index (χ2v) is 5.56. The van der Waals surface area contributed by atoms with Gasteiger partial charge in [0.1, 0.15) is 0 Å². The standard InChI is InChI=1S/C17H21NO7/c1-10(19)23-14-9-22-17(18-13-7-5-4-6-8-13)16(25-12(3)21)15(14)24-11(2)20/h4-8,14-18H,9H2,1-3H3/t14-,15+,16-,17-/m1/s1. The molecule has 1 N–H and O–H groups in total. The lowest BCUT2D eigenvalue weighted by atomic mass is 10.0. The van der Waals surface area contributed by atoms with Crippen molar-refractivity contribution < 1.29 is 33.3 Å². The molecule has 0 bridgehead atoms. The van der Waals surface area contributed by atoms with E-state index in [1.165, 1.54) is 20.8 Å². The minimum atomic E-state index is -0.986. The fraction of sp³-hybridized carbons (Fsp3) is 0.471. The van der Waals surface area contributed by atoms with Gasteiger partial charge in [0.05, 0.1) is 6.61 Å². The Bertz CT molecular complexity index is 619. The minimum absolute atomic E-state index is 0.0141. The van der Waals surface area contributed by atoms with Gasteiger partial charge in [0, 0.05) is 26.5 Å². The SMILES string of the molecule is CC(=O)O[C@@H]1[C@@H](OC(C)=O)[C@H](OC(C)=O)CO[C@H]1Nc1ccccc1. The molecule has 1 aromatic carbocycles. The van der Waals surface area contributed by atoms with Crippen LogP contribution in [-0.2, 0) is 33.3 Å². The molecule has 0 radical (unpaired) electrons. The van der Waals surface area contributed by atoms with E-state index in [9.17, 15) is 14.4 Å². The predicted octanol–water partition coefficient (Wildman–Crippen LogP) is 1.25. The van der Waals surface area contributed by atoms with Crippen molar-refractivity contribution in [2.24, 2.45) is 0 Å². The van der Waals surface area contributed by atoms with E-state index in [-0.39, 0.29) is 6.61 Å². The quantitative estimate of drug-likeness (QED) is 0.625. The monoisotopic (exact) mass is 351 g/mol. The number of hydrogen-bond acceptors (Lipinski definition) is 8. The predicted molar refractivity (Wildman–Crippen MR) is 86.5 cm³/mol. The zero-order valence-electron chi connectivity index (χ0n) is 14.3. The molecule has 0 unspecified atom stereocenters. The fourth-order valence-electron chi connectivity index (χ4n) is 2.56. The van der Waals surface area contributed by atoms with Crippen molar-refractivity contribution in [1.82, 2.24) is 0 Å². The van der Waals surface area contributed by atoms with Crippen LogP contribution in [0.15, 0.2) is 30.3 Å². The summed E-state index contributed by atoms with van der Waals surface area (Å²) in [5.74, 6) is -1.71. The number of carbonyl (C=O) groups excluding carboxylic acids is 3. The highest BCUT2D eigenvalue weighted by Gasteiger charge is 2.46. The van der Waals surface area contributed by atoms with Gasteiger partial charge in [-0.2, -0.15) is 0 Å². The van der Waals surface area contributed by atoms with Crippen LogP contribution in [0.3, 0.4) is 0 Å². The van der Waals surface area contributed by atoms with Crippen molar-refractivity contribution in [3.05, 3.63) is 30.3 Å². The molecule has 1 heterocycles. The van der Waals surface area contributed by atoms with Gasteiger partial charge in [-0.25, -0.2) is 0 Å². The molecule has 1 fully saturated rings. The Balaban J connectivity index is 2.25. The normalized spacial score (nSPS) is 25.6. The molecule has 4 atom stereocenters. The Morgan fingerprint density at radius 1 is 0.920 bits per heavy atom. The van der Waals surface area contributed by atoms with E-state index in [2.05, 4.69) is 5.32 Å². The number of hydrogen-bond donors (Lipinski definition) is 1. The molecule has 8 nitrogen and oxygen atoms in total. The number of carbonyl (C=O) groups is 3. The van der Waals surface area contributed by atoms with Crippen molar-refractivity contribution in [2.75, 3.05) is 11.9 Å². The molecular weight excluding hydrogens is 330 g/mol. The van der Waals surface area contributed by atoms with Crippen molar-refractivity contribution in [2.45, 2.75) is 45.3 Å². The van der Waals surface area contributed by atoms with Gasteiger partial charge in [-0.3, -0.25) is 14.4 Å². The zero-order chi connectivity index (χ0) is 18.4. The van der Waals surface area contributed by atoms with Crippen LogP contribution >= 0.6 is 0 Å². The summed E-state index contributed by atoms with van der Waals surface area (Å²) >= 11 is 0. The molecule has 0 aliphatic carbocycles. The molecule has 8 heteroatoms. The molecule has 1 saturated heterocycles. The van der Waals surface area contributed by atoms with Crippen LogP contribution in [-0.4, -0.2) is 49.1 Å². The maximum atomic E-state index is 11.5. The van der Waals surface area contributed by atoms with Crippen LogP contribution in [0.25, 0.3) is 0 Å². The Kier molecular flexibility index (Phi) is 6.35. The Morgan fingerprint density at radius 2 is 1.48 bits per heavy atom. The smallest absolute Gasteiger partial charge is 0.303 e. The largest absolute Gasteiger partial charge is 0.456 e. The van der Waals surface area contributed by atoms with Crippen molar-refractivity contribution in [3.63, 3.8) is 0 Å². The fourth-order valence-corrected chi connectivity index (χ4v) is 2.56. The maximum Gasteiger partial charge on any atom is 0.303 e. The van der Waals surface area contributed by atoms with Gasteiger partial charge in [-0.05, 0) is 12.1 Å². The Morgan fingerprint density at radius 3 is 2.04 bits per heavy atom. The lowest BCUT2D eigenvalue weighted by Gasteiger charge is -2.40. The average molecular weight is 351 g/mol. The first-order valence-corrected chi connectivity index (χ1v) is 7.81. The minimum Gasteiger partial charge on any atom is -0.456 e. The number of ether oxygens (including phenoxy) is 4. The summed E-state index contributed by atoms with van der Waals surface area (Å²) in [6.45, 7) is 3.68. The molecule has 25 heavy (non-hydrogen) atoms. The third-order valence-electron chi connectivity index (χ3n) is 3.43. The number of anilines is 1. The zero-order valence-corrected chi connectivity index (χ0v) is 14.3. The third kappa shape index (κ3) is 5.46. The van der Waals surface area contributed by atoms with Crippen LogP contribution in [0.2, 0.25) is 0 Å². The molecule has 0 amide bonds. The second-order valence-electron chi connectivity index (χ2n) is 5.56. The summed E-state index contributed by atoms with van der Waals surface area (Å²) in [6.07, 6.45) is -3.62. The molecular formula is C17H21NO7. The van der Waals surface area contributed by atoms with Crippen LogP contribution in [0, 0.1) is 0 Å². The maximum absolute atomic E-state index is 11.5. The summed E-state index contributed by atoms with van der Waals surface area (Å²) in [5, 5.41) is 3.08. The number of esters is 3. The Hall–Kier alpha value is -2.61. The van der Waals surface area contributed by atoms with Crippen molar-refractivity contribution in [3.8, 4) is 0 Å². The number of rotatable bonds is 5. The lowest BCUT2D eigenvalue weighted by molar-refractivity contribution is -0.221. The topological polar surface area (TPSA) is 100 Å². The number of para-hydroxylation sites is 1. The van der Waals surface area contributed by atoms with Crippen LogP contribution in [0.5, 0.6) is 0 Å². The molecule has 136 valence electrons. The van der Waals surface area contributed by atoms with Gasteiger partial charge in [-0.1, -0.05) is 18.2 Å². The van der Waals surface area contributed by atoms with Crippen LogP contribution in [0.4, 0.5) is 5.69 Å². The first kappa shape index (κ1) is 18.7. The van der Waals surface area contributed by atoms with E-state index in [0.29, 0.717) is 0 Å². The number of nitrogens with one attached hydrogen (secondary N) is 1. The van der Waals surface area contributed by atoms with Gasteiger partial charge in [0.2, 0.25) is 0 Å². The molecule has 0 saturated carbocycles. The second kappa shape index (κ2) is 8.48. The molecule has 0 aromatic heterocycles. The summed E-state index contributed by atoms with van der Waals surface area (Å²) < 4.78 is 21.4. The summed E-state index contributed by atoms with van der Waals surface area (Å²) in [6, 6.07) is 9.14. The molecule has 2 rings (SSSR count). The molecule has 1 aliphatic rings. The highest BCUT2D eigenvalue weighted by Crippen LogP contribution is 2.25. The van der Waals surface area contributed by atoms with E-state index >= 15 is 0 Å². The van der Waals surface area contributed by atoms with Gasteiger partial charge in [0.25, 0.3) is 0 Å². The van der Waals surface area contributed by atoms with Crippen molar-refractivity contribution >= 4 is 23.6 Å². The van der Waals surface area contributed by atoms with Crippen molar-refractivity contribution in [1.29, 1.82) is 0 Å². The van der Waals surface area contributed by atoms with E-state index in [1.54, 1.807) is 0 Å². The van der Waals surface area contributed by atoms with E-state index < -0.39 is 42.4 Å². The molecule has 1 aromatic rings. The van der Waals surface area contributed by atoms with E-state index in [1.807, 2.05) is 30.3 Å². The van der Waals surface area contributed by atoms with Crippen LogP contribution < -0.4 is 5.32 Å². The van der Waals surface area contributed by atoms with Gasteiger partial charge < -0.3 is 24.3 Å². The Labute approximate surface area is 145 Å². The third-order valence-corrected chi connectivity index (χ3v) is 3.43.